The van der Waals surface area contributed by atoms with Gasteiger partial charge < -0.3 is 0 Å². The predicted molar refractivity (Wildman–Crippen MR) is 55.4 cm³/mol. The van der Waals surface area contributed by atoms with Crippen LogP contribution < -0.4 is 0 Å². The molecule has 0 aromatic rings. The van der Waals surface area contributed by atoms with E-state index in [-0.39, 0.29) is 0 Å². The molecule has 0 aromatic carbocycles. The zero-order chi connectivity index (χ0) is 17.7. The van der Waals surface area contributed by atoms with Crippen LogP contribution >= 0.6 is 45.8 Å². The van der Waals surface area contributed by atoms with Gasteiger partial charge in [-0.15, -0.1) is 0 Å². The molecule has 0 fully saturated rings. The summed E-state index contributed by atoms with van der Waals surface area (Å²) in [6.07, 6.45) is -6.86. The van der Waals surface area contributed by atoms with E-state index in [0.29, 0.717) is 0 Å². The number of halogens is 14. The minimum absolute atomic E-state index is 0.615. The molecule has 0 aromatic heterocycles. The fourth-order valence-corrected chi connectivity index (χ4v) is 1.12. The number of alkyl halides is 14. The fourth-order valence-electron chi connectivity index (χ4n) is 0.644. The van der Waals surface area contributed by atoms with Gasteiger partial charge in [0.25, 0.3) is 0 Å². The Bertz CT molecular complexity index is 387. The van der Waals surface area contributed by atoms with Crippen molar-refractivity contribution >= 4 is 45.8 Å². The standard InChI is InChI=1S/C6Cl2F11IO/c7-3(13,14)4(8,15)21-6(18,19)2(11,12)1(9,10)5(16,17)20. The van der Waals surface area contributed by atoms with Gasteiger partial charge >= 0.3 is 32.6 Å². The second kappa shape index (κ2) is 5.54. The van der Waals surface area contributed by atoms with Crippen molar-refractivity contribution in [1.29, 1.82) is 0 Å². The molecule has 0 rings (SSSR count). The summed E-state index contributed by atoms with van der Waals surface area (Å²) in [6, 6.07) is 0. The van der Waals surface area contributed by atoms with Gasteiger partial charge in [0.05, 0.1) is 0 Å². The first-order valence-electron chi connectivity index (χ1n) is 4.05. The Kier molecular flexibility index (Phi) is 5.68. The van der Waals surface area contributed by atoms with Crippen LogP contribution in [0.1, 0.15) is 0 Å². The summed E-state index contributed by atoms with van der Waals surface area (Å²) in [4.78, 5) is 0. The van der Waals surface area contributed by atoms with E-state index in [1.807, 2.05) is 0 Å². The van der Waals surface area contributed by atoms with Crippen LogP contribution in [-0.4, -0.2) is 32.6 Å². The molecule has 0 radical (unpaired) electrons. The largest absolute Gasteiger partial charge is 0.429 e. The van der Waals surface area contributed by atoms with Crippen molar-refractivity contribution in [2.45, 2.75) is 32.6 Å². The molecule has 1 nitrogen and oxygen atoms in total. The molecule has 1 atom stereocenters. The third-order valence-corrected chi connectivity index (χ3v) is 3.03. The first-order valence-corrected chi connectivity index (χ1v) is 5.89. The molecule has 0 saturated heterocycles. The van der Waals surface area contributed by atoms with Crippen LogP contribution in [0.2, 0.25) is 0 Å². The summed E-state index contributed by atoms with van der Waals surface area (Å²) >= 11 is 7.14. The fraction of sp³-hybridized carbons (Fsp3) is 1.00. The van der Waals surface area contributed by atoms with Crippen molar-refractivity contribution in [3.8, 4) is 0 Å². The van der Waals surface area contributed by atoms with Crippen molar-refractivity contribution < 1.29 is 53.0 Å². The van der Waals surface area contributed by atoms with Crippen LogP contribution in [0.5, 0.6) is 0 Å². The first-order chi connectivity index (χ1) is 8.71. The highest BCUT2D eigenvalue weighted by Gasteiger charge is 2.83. The van der Waals surface area contributed by atoms with Gasteiger partial charge in [-0.05, 0) is 23.2 Å². The molecule has 0 aliphatic rings. The zero-order valence-electron chi connectivity index (χ0n) is 8.70. The topological polar surface area (TPSA) is 9.23 Å². The molecule has 0 bridgehead atoms. The van der Waals surface area contributed by atoms with E-state index >= 15 is 0 Å². The van der Waals surface area contributed by atoms with Gasteiger partial charge in [0.1, 0.15) is 0 Å². The lowest BCUT2D eigenvalue weighted by atomic mass is 10.1. The van der Waals surface area contributed by atoms with Gasteiger partial charge in [-0.3, -0.25) is 4.74 Å². The number of rotatable bonds is 6. The van der Waals surface area contributed by atoms with Crippen molar-refractivity contribution in [3.05, 3.63) is 0 Å². The SMILES string of the molecule is FC(F)(Cl)C(F)(Cl)OC(F)(F)C(F)(F)C(F)(F)C(F)(F)I. The Balaban J connectivity index is 5.71. The smallest absolute Gasteiger partial charge is 0.258 e. The van der Waals surface area contributed by atoms with E-state index in [1.165, 1.54) is 0 Å². The highest BCUT2D eigenvalue weighted by molar-refractivity contribution is 14.1. The molecule has 0 heterocycles. The van der Waals surface area contributed by atoms with E-state index in [2.05, 4.69) is 27.9 Å². The maximum absolute atomic E-state index is 12.8. The molecule has 21 heavy (non-hydrogen) atoms. The summed E-state index contributed by atoms with van der Waals surface area (Å²) in [5, 5.41) is -11.2. The van der Waals surface area contributed by atoms with Gasteiger partial charge in [-0.25, -0.2) is 0 Å². The lowest BCUT2D eigenvalue weighted by molar-refractivity contribution is -0.446. The van der Waals surface area contributed by atoms with Crippen LogP contribution in [0.4, 0.5) is 48.3 Å². The highest BCUT2D eigenvalue weighted by atomic mass is 127. The van der Waals surface area contributed by atoms with Crippen molar-refractivity contribution in [2.24, 2.45) is 0 Å². The van der Waals surface area contributed by atoms with Crippen molar-refractivity contribution in [1.82, 2.24) is 0 Å². The van der Waals surface area contributed by atoms with Gasteiger partial charge in [-0.1, -0.05) is 0 Å². The minimum atomic E-state index is -7.11. The Morgan fingerprint density at radius 2 is 1.00 bits per heavy atom. The predicted octanol–water partition coefficient (Wildman–Crippen LogP) is 5.59. The summed E-state index contributed by atoms with van der Waals surface area (Å²) in [5.41, 5.74) is 0. The maximum atomic E-state index is 12.8. The molecule has 128 valence electrons. The lowest BCUT2D eigenvalue weighted by Crippen LogP contribution is -2.63. The molecule has 0 N–H and O–H groups in total. The molecule has 0 aliphatic heterocycles. The van der Waals surface area contributed by atoms with E-state index < -0.39 is 55.2 Å². The van der Waals surface area contributed by atoms with Crippen LogP contribution in [0.3, 0.4) is 0 Å². The van der Waals surface area contributed by atoms with Gasteiger partial charge in [-0.2, -0.15) is 48.3 Å². The van der Waals surface area contributed by atoms with Crippen LogP contribution in [0, 0.1) is 0 Å². The number of ether oxygens (including phenoxy) is 1. The summed E-state index contributed by atoms with van der Waals surface area (Å²) in [6.45, 7) is 0. The quantitative estimate of drug-likeness (QED) is 0.266. The Morgan fingerprint density at radius 1 is 0.667 bits per heavy atom. The second-order valence-corrected chi connectivity index (χ2v) is 5.60. The molecule has 0 spiro atoms. The molecular weight excluding hydrogens is 495 g/mol. The highest BCUT2D eigenvalue weighted by Crippen LogP contribution is 2.57. The summed E-state index contributed by atoms with van der Waals surface area (Å²) < 4.78 is 134. The van der Waals surface area contributed by atoms with Crippen LogP contribution in [0.15, 0.2) is 0 Å². The average Bonchev–Trinajstić information content (AvgIpc) is 2.11. The molecule has 1 unspecified atom stereocenters. The Hall–Kier alpha value is 0.500. The Labute approximate surface area is 131 Å². The number of hydrogen-bond acceptors (Lipinski definition) is 1. The molecular formula is C6Cl2F11IO. The van der Waals surface area contributed by atoms with Crippen molar-refractivity contribution in [3.63, 3.8) is 0 Å². The summed E-state index contributed by atoms with van der Waals surface area (Å²) in [5.74, 6) is -13.9. The second-order valence-electron chi connectivity index (χ2n) is 3.28. The van der Waals surface area contributed by atoms with Gasteiger partial charge in [0.2, 0.25) is 0 Å². The third-order valence-electron chi connectivity index (χ3n) is 1.70. The molecule has 15 heteroatoms. The monoisotopic (exact) mass is 494 g/mol. The van der Waals surface area contributed by atoms with Gasteiger partial charge in [0, 0.05) is 22.6 Å². The van der Waals surface area contributed by atoms with E-state index in [1.54, 1.807) is 0 Å². The minimum Gasteiger partial charge on any atom is -0.258 e. The molecule has 0 amide bonds. The van der Waals surface area contributed by atoms with Gasteiger partial charge in [0.15, 0.2) is 0 Å². The van der Waals surface area contributed by atoms with Crippen LogP contribution in [-0.2, 0) is 4.74 Å². The van der Waals surface area contributed by atoms with E-state index in [4.69, 9.17) is 0 Å². The van der Waals surface area contributed by atoms with E-state index in [0.717, 1.165) is 0 Å². The van der Waals surface area contributed by atoms with E-state index in [9.17, 15) is 48.3 Å². The maximum Gasteiger partial charge on any atom is 0.429 e. The number of hydrogen-bond donors (Lipinski definition) is 0. The first kappa shape index (κ1) is 21.5. The Morgan fingerprint density at radius 3 is 1.24 bits per heavy atom. The average molecular weight is 495 g/mol. The molecule has 0 aliphatic carbocycles. The van der Waals surface area contributed by atoms with Crippen molar-refractivity contribution in [2.75, 3.05) is 0 Å². The summed E-state index contributed by atoms with van der Waals surface area (Å²) in [7, 11) is 0. The zero-order valence-corrected chi connectivity index (χ0v) is 12.4. The lowest BCUT2D eigenvalue weighted by Gasteiger charge is -2.36. The molecule has 0 saturated carbocycles. The normalized spacial score (nSPS) is 18.6. The van der Waals surface area contributed by atoms with Crippen LogP contribution in [0.25, 0.3) is 0 Å². The third kappa shape index (κ3) is 3.88.